The molecule has 2 N–H and O–H groups in total. The highest BCUT2D eigenvalue weighted by molar-refractivity contribution is 5.85. The third kappa shape index (κ3) is 2.95. The third-order valence-corrected chi connectivity index (χ3v) is 5.60. The van der Waals surface area contributed by atoms with Crippen LogP contribution in [-0.4, -0.2) is 30.7 Å². The normalized spacial score (nSPS) is 28.0. The van der Waals surface area contributed by atoms with Crippen LogP contribution >= 0.6 is 12.4 Å². The zero-order valence-corrected chi connectivity index (χ0v) is 14.6. The largest absolute Gasteiger partial charge is 0.454 e. The quantitative estimate of drug-likeness (QED) is 0.908. The van der Waals surface area contributed by atoms with E-state index >= 15 is 0 Å². The van der Waals surface area contributed by atoms with Gasteiger partial charge in [-0.25, -0.2) is 0 Å². The van der Waals surface area contributed by atoms with Gasteiger partial charge in [-0.15, -0.1) is 12.4 Å². The smallest absolute Gasteiger partial charge is 0.231 e. The maximum absolute atomic E-state index is 13.0. The van der Waals surface area contributed by atoms with Gasteiger partial charge in [-0.05, 0) is 55.8 Å². The van der Waals surface area contributed by atoms with Gasteiger partial charge in [-0.2, -0.15) is 0 Å². The summed E-state index contributed by atoms with van der Waals surface area (Å²) in [6.07, 6.45) is 5.29. The predicted molar refractivity (Wildman–Crippen MR) is 93.4 cm³/mol. The van der Waals surface area contributed by atoms with E-state index in [2.05, 4.69) is 11.0 Å². The molecule has 1 saturated heterocycles. The minimum atomic E-state index is 0. The zero-order chi connectivity index (χ0) is 15.8. The lowest BCUT2D eigenvalue weighted by Crippen LogP contribution is -2.38. The molecule has 0 bridgehead atoms. The van der Waals surface area contributed by atoms with Gasteiger partial charge in [-0.3, -0.25) is 4.79 Å². The first kappa shape index (κ1) is 17.4. The van der Waals surface area contributed by atoms with E-state index in [-0.39, 0.29) is 31.2 Å². The van der Waals surface area contributed by atoms with Crippen LogP contribution in [0.4, 0.5) is 0 Å². The average Bonchev–Trinajstić information content (AvgIpc) is 3.31. The molecule has 0 spiro atoms. The minimum absolute atomic E-state index is 0. The first-order chi connectivity index (χ1) is 11.3. The molecule has 1 saturated carbocycles. The molecule has 5 nitrogen and oxygen atoms in total. The summed E-state index contributed by atoms with van der Waals surface area (Å²) < 4.78 is 10.9. The Hall–Kier alpha value is -1.46. The minimum Gasteiger partial charge on any atom is -0.454 e. The highest BCUT2D eigenvalue weighted by Crippen LogP contribution is 2.41. The lowest BCUT2D eigenvalue weighted by atomic mass is 9.94. The molecular formula is C18H25ClN2O3. The molecule has 4 rings (SSSR count). The van der Waals surface area contributed by atoms with E-state index in [4.69, 9.17) is 15.2 Å². The fourth-order valence-electron chi connectivity index (χ4n) is 4.35. The number of carbonyl (C=O) groups excluding carboxylic acids is 1. The van der Waals surface area contributed by atoms with Gasteiger partial charge in [0.05, 0.1) is 6.04 Å². The molecule has 1 amide bonds. The number of fused-ring (bicyclic) bond motifs is 1. The van der Waals surface area contributed by atoms with Gasteiger partial charge >= 0.3 is 0 Å². The average molecular weight is 353 g/mol. The molecule has 1 aromatic carbocycles. The Morgan fingerprint density at radius 2 is 2.00 bits per heavy atom. The standard InChI is InChI=1S/C18H24N2O3.ClH/c19-10-13-3-1-4-14(13)18(21)20-8-2-5-15(20)12-6-7-16-17(9-12)23-11-22-16;/h6-7,9,13-15H,1-5,8,10-11,19H2;1H/t13-,14-,15?;/m1./s1. The fourth-order valence-corrected chi connectivity index (χ4v) is 4.35. The Morgan fingerprint density at radius 3 is 2.83 bits per heavy atom. The summed E-state index contributed by atoms with van der Waals surface area (Å²) in [5.41, 5.74) is 7.02. The van der Waals surface area contributed by atoms with Crippen LogP contribution in [0.2, 0.25) is 0 Å². The molecule has 2 fully saturated rings. The third-order valence-electron chi connectivity index (χ3n) is 5.60. The highest BCUT2D eigenvalue weighted by Gasteiger charge is 2.39. The van der Waals surface area contributed by atoms with Crippen LogP contribution in [0.3, 0.4) is 0 Å². The number of likely N-dealkylation sites (tertiary alicyclic amines) is 1. The van der Waals surface area contributed by atoms with Crippen LogP contribution in [0.25, 0.3) is 0 Å². The zero-order valence-electron chi connectivity index (χ0n) is 13.8. The van der Waals surface area contributed by atoms with Crippen molar-refractivity contribution < 1.29 is 14.3 Å². The number of benzene rings is 1. The van der Waals surface area contributed by atoms with Crippen molar-refractivity contribution in [2.24, 2.45) is 17.6 Å². The van der Waals surface area contributed by atoms with E-state index in [9.17, 15) is 4.79 Å². The summed E-state index contributed by atoms with van der Waals surface area (Å²) in [6, 6.07) is 6.22. The van der Waals surface area contributed by atoms with Gasteiger partial charge in [-0.1, -0.05) is 12.5 Å². The summed E-state index contributed by atoms with van der Waals surface area (Å²) in [5.74, 6) is 2.37. The summed E-state index contributed by atoms with van der Waals surface area (Å²) >= 11 is 0. The van der Waals surface area contributed by atoms with Crippen molar-refractivity contribution in [3.8, 4) is 11.5 Å². The molecule has 2 heterocycles. The van der Waals surface area contributed by atoms with E-state index in [0.717, 1.165) is 55.7 Å². The predicted octanol–water partition coefficient (Wildman–Crippen LogP) is 2.88. The first-order valence-electron chi connectivity index (χ1n) is 8.68. The van der Waals surface area contributed by atoms with Crippen LogP contribution in [0.5, 0.6) is 11.5 Å². The molecule has 1 aliphatic carbocycles. The number of nitrogens with zero attached hydrogens (tertiary/aromatic N) is 1. The Labute approximate surface area is 148 Å². The monoisotopic (exact) mass is 352 g/mol. The second-order valence-corrected chi connectivity index (χ2v) is 6.84. The van der Waals surface area contributed by atoms with E-state index in [1.165, 1.54) is 0 Å². The van der Waals surface area contributed by atoms with Gasteiger partial charge in [0.15, 0.2) is 11.5 Å². The van der Waals surface area contributed by atoms with Gasteiger partial charge < -0.3 is 20.1 Å². The van der Waals surface area contributed by atoms with Crippen molar-refractivity contribution in [3.05, 3.63) is 23.8 Å². The van der Waals surface area contributed by atoms with E-state index in [1.54, 1.807) is 0 Å². The van der Waals surface area contributed by atoms with Crippen molar-refractivity contribution in [3.63, 3.8) is 0 Å². The Kier molecular flexibility index (Phi) is 5.21. The fraction of sp³-hybridized carbons (Fsp3) is 0.611. The van der Waals surface area contributed by atoms with Gasteiger partial charge in [0.2, 0.25) is 12.7 Å². The van der Waals surface area contributed by atoms with Crippen LogP contribution in [0, 0.1) is 11.8 Å². The van der Waals surface area contributed by atoms with Crippen LogP contribution in [0.1, 0.15) is 43.7 Å². The first-order valence-corrected chi connectivity index (χ1v) is 8.68. The van der Waals surface area contributed by atoms with Crippen molar-refractivity contribution in [1.29, 1.82) is 0 Å². The van der Waals surface area contributed by atoms with Gasteiger partial charge in [0.1, 0.15) is 0 Å². The molecule has 0 radical (unpaired) electrons. The lowest BCUT2D eigenvalue weighted by molar-refractivity contribution is -0.137. The molecule has 2 aliphatic heterocycles. The maximum atomic E-state index is 13.0. The van der Waals surface area contributed by atoms with Crippen molar-refractivity contribution in [2.45, 2.75) is 38.1 Å². The lowest BCUT2D eigenvalue weighted by Gasteiger charge is -2.30. The van der Waals surface area contributed by atoms with Crippen LogP contribution < -0.4 is 15.2 Å². The van der Waals surface area contributed by atoms with E-state index < -0.39 is 0 Å². The number of hydrogen-bond acceptors (Lipinski definition) is 4. The summed E-state index contributed by atoms with van der Waals surface area (Å²) in [6.45, 7) is 1.76. The van der Waals surface area contributed by atoms with E-state index in [0.29, 0.717) is 18.4 Å². The summed E-state index contributed by atoms with van der Waals surface area (Å²) in [5, 5.41) is 0. The molecule has 0 aromatic heterocycles. The van der Waals surface area contributed by atoms with Gasteiger partial charge in [0, 0.05) is 12.5 Å². The second-order valence-electron chi connectivity index (χ2n) is 6.84. The molecule has 6 heteroatoms. The Bertz CT molecular complexity index is 610. The topological polar surface area (TPSA) is 64.8 Å². The van der Waals surface area contributed by atoms with Crippen LogP contribution in [0.15, 0.2) is 18.2 Å². The molecule has 3 atom stereocenters. The van der Waals surface area contributed by atoms with Gasteiger partial charge in [0.25, 0.3) is 0 Å². The summed E-state index contributed by atoms with van der Waals surface area (Å²) in [4.78, 5) is 15.1. The van der Waals surface area contributed by atoms with Crippen molar-refractivity contribution in [1.82, 2.24) is 4.90 Å². The molecular weight excluding hydrogens is 328 g/mol. The number of ether oxygens (including phenoxy) is 2. The second kappa shape index (κ2) is 7.19. The van der Waals surface area contributed by atoms with Crippen LogP contribution in [-0.2, 0) is 4.79 Å². The van der Waals surface area contributed by atoms with Crippen molar-refractivity contribution >= 4 is 18.3 Å². The molecule has 1 unspecified atom stereocenters. The SMILES string of the molecule is Cl.NC[C@H]1CCC[C@H]1C(=O)N1CCCC1c1ccc2c(c1)OCO2. The van der Waals surface area contributed by atoms with Crippen molar-refractivity contribution in [2.75, 3.05) is 19.9 Å². The summed E-state index contributed by atoms with van der Waals surface area (Å²) in [7, 11) is 0. The van der Waals surface area contributed by atoms with E-state index in [1.807, 2.05) is 12.1 Å². The highest BCUT2D eigenvalue weighted by atomic mass is 35.5. The number of carbonyl (C=O) groups is 1. The molecule has 132 valence electrons. The number of nitrogens with two attached hydrogens (primary N) is 1. The molecule has 3 aliphatic rings. The number of halogens is 1. The Balaban J connectivity index is 0.00000169. The number of rotatable bonds is 3. The maximum Gasteiger partial charge on any atom is 0.231 e. The Morgan fingerprint density at radius 1 is 1.17 bits per heavy atom. The number of hydrogen-bond donors (Lipinski definition) is 1. The molecule has 1 aromatic rings. The molecule has 24 heavy (non-hydrogen) atoms. The number of amides is 1.